The summed E-state index contributed by atoms with van der Waals surface area (Å²) >= 11 is 0. The van der Waals surface area contributed by atoms with Gasteiger partial charge in [-0.1, -0.05) is 19.1 Å². The lowest BCUT2D eigenvalue weighted by atomic mass is 10.2. The van der Waals surface area contributed by atoms with Gasteiger partial charge in [0.2, 0.25) is 5.91 Å². The van der Waals surface area contributed by atoms with Crippen LogP contribution in [0.15, 0.2) is 53.6 Å². The van der Waals surface area contributed by atoms with Crippen molar-refractivity contribution in [2.75, 3.05) is 5.32 Å². The quantitative estimate of drug-likeness (QED) is 0.631. The third-order valence-corrected chi connectivity index (χ3v) is 3.16. The van der Waals surface area contributed by atoms with Gasteiger partial charge < -0.3 is 5.32 Å². The van der Waals surface area contributed by atoms with Crippen LogP contribution in [0.2, 0.25) is 0 Å². The SMILES string of the molecule is CCCC(=O)Nc1ccc(C(=O)N/N=C\c2ccc(F)cc2)cc1. The number of carbonyl (C=O) groups excluding carboxylic acids is 2. The van der Waals surface area contributed by atoms with Crippen molar-refractivity contribution in [2.24, 2.45) is 5.10 Å². The van der Waals surface area contributed by atoms with E-state index in [2.05, 4.69) is 15.8 Å². The van der Waals surface area contributed by atoms with Crippen molar-refractivity contribution in [3.63, 3.8) is 0 Å². The minimum absolute atomic E-state index is 0.0569. The van der Waals surface area contributed by atoms with E-state index >= 15 is 0 Å². The minimum atomic E-state index is -0.375. The molecule has 0 aliphatic rings. The molecule has 2 N–H and O–H groups in total. The summed E-state index contributed by atoms with van der Waals surface area (Å²) in [5.74, 6) is -0.763. The van der Waals surface area contributed by atoms with Gasteiger partial charge in [-0.05, 0) is 48.4 Å². The molecular formula is C18H18FN3O2. The molecule has 2 aromatic carbocycles. The Bertz CT molecular complexity index is 725. The van der Waals surface area contributed by atoms with Crippen LogP contribution in [0, 0.1) is 5.82 Å². The van der Waals surface area contributed by atoms with Crippen molar-refractivity contribution >= 4 is 23.7 Å². The summed E-state index contributed by atoms with van der Waals surface area (Å²) in [4.78, 5) is 23.4. The van der Waals surface area contributed by atoms with E-state index in [9.17, 15) is 14.0 Å². The number of benzene rings is 2. The second-order valence-electron chi connectivity index (χ2n) is 5.13. The number of amides is 2. The molecule has 124 valence electrons. The van der Waals surface area contributed by atoms with Crippen molar-refractivity contribution in [2.45, 2.75) is 19.8 Å². The Kier molecular flexibility index (Phi) is 6.19. The number of anilines is 1. The number of rotatable bonds is 6. The van der Waals surface area contributed by atoms with E-state index in [1.54, 1.807) is 36.4 Å². The second-order valence-corrected chi connectivity index (χ2v) is 5.13. The lowest BCUT2D eigenvalue weighted by Crippen LogP contribution is -2.17. The Morgan fingerprint density at radius 2 is 1.75 bits per heavy atom. The predicted molar refractivity (Wildman–Crippen MR) is 91.4 cm³/mol. The Morgan fingerprint density at radius 3 is 2.38 bits per heavy atom. The van der Waals surface area contributed by atoms with Crippen molar-refractivity contribution in [1.29, 1.82) is 0 Å². The van der Waals surface area contributed by atoms with E-state index in [0.717, 1.165) is 6.42 Å². The van der Waals surface area contributed by atoms with Gasteiger partial charge in [0.1, 0.15) is 5.82 Å². The van der Waals surface area contributed by atoms with Gasteiger partial charge in [0.25, 0.3) is 5.91 Å². The number of halogens is 1. The molecule has 0 fully saturated rings. The first kappa shape index (κ1) is 17.3. The molecule has 0 saturated carbocycles. The van der Waals surface area contributed by atoms with Gasteiger partial charge >= 0.3 is 0 Å². The molecule has 0 spiro atoms. The molecule has 0 saturated heterocycles. The maximum absolute atomic E-state index is 12.8. The first-order valence-corrected chi connectivity index (χ1v) is 7.57. The summed E-state index contributed by atoms with van der Waals surface area (Å²) in [6.45, 7) is 1.93. The van der Waals surface area contributed by atoms with Gasteiger partial charge in [0, 0.05) is 17.7 Å². The number of hydrogen-bond acceptors (Lipinski definition) is 3. The Labute approximate surface area is 139 Å². The zero-order chi connectivity index (χ0) is 17.4. The predicted octanol–water partition coefficient (Wildman–Crippen LogP) is 3.33. The molecule has 2 amide bonds. The topological polar surface area (TPSA) is 70.6 Å². The van der Waals surface area contributed by atoms with Gasteiger partial charge in [-0.25, -0.2) is 9.82 Å². The third kappa shape index (κ3) is 5.31. The zero-order valence-electron chi connectivity index (χ0n) is 13.3. The molecule has 0 bridgehead atoms. The van der Waals surface area contributed by atoms with Crippen LogP contribution < -0.4 is 10.7 Å². The fourth-order valence-electron chi connectivity index (χ4n) is 1.93. The molecule has 0 radical (unpaired) electrons. The summed E-state index contributed by atoms with van der Waals surface area (Å²) in [7, 11) is 0. The van der Waals surface area contributed by atoms with E-state index < -0.39 is 0 Å². The van der Waals surface area contributed by atoms with Crippen LogP contribution in [0.5, 0.6) is 0 Å². The average Bonchev–Trinajstić information content (AvgIpc) is 2.57. The molecule has 0 atom stereocenters. The maximum atomic E-state index is 12.8. The van der Waals surface area contributed by atoms with E-state index in [0.29, 0.717) is 23.2 Å². The molecular weight excluding hydrogens is 309 g/mol. The lowest BCUT2D eigenvalue weighted by Gasteiger charge is -2.05. The summed E-state index contributed by atoms with van der Waals surface area (Å²) < 4.78 is 12.8. The van der Waals surface area contributed by atoms with E-state index in [-0.39, 0.29) is 17.6 Å². The molecule has 2 rings (SSSR count). The first-order valence-electron chi connectivity index (χ1n) is 7.57. The smallest absolute Gasteiger partial charge is 0.271 e. The summed E-state index contributed by atoms with van der Waals surface area (Å²) in [5, 5.41) is 6.57. The Balaban J connectivity index is 1.90. The second kappa shape index (κ2) is 8.57. The Morgan fingerprint density at radius 1 is 1.08 bits per heavy atom. The highest BCUT2D eigenvalue weighted by molar-refractivity contribution is 5.96. The van der Waals surface area contributed by atoms with Crippen LogP contribution in [-0.4, -0.2) is 18.0 Å². The van der Waals surface area contributed by atoms with Gasteiger partial charge in [-0.2, -0.15) is 5.10 Å². The minimum Gasteiger partial charge on any atom is -0.326 e. The lowest BCUT2D eigenvalue weighted by molar-refractivity contribution is -0.116. The standard InChI is InChI=1S/C18H18FN3O2/c1-2-3-17(23)21-16-10-6-14(7-11-16)18(24)22-20-12-13-4-8-15(19)9-5-13/h4-12H,2-3H2,1H3,(H,21,23)(H,22,24)/b20-12-. The summed E-state index contributed by atoms with van der Waals surface area (Å²) in [5.41, 5.74) is 4.12. The van der Waals surface area contributed by atoms with Crippen LogP contribution in [0.3, 0.4) is 0 Å². The maximum Gasteiger partial charge on any atom is 0.271 e. The number of hydrogen-bond donors (Lipinski definition) is 2. The third-order valence-electron chi connectivity index (χ3n) is 3.16. The highest BCUT2D eigenvalue weighted by atomic mass is 19.1. The molecule has 0 aromatic heterocycles. The highest BCUT2D eigenvalue weighted by Crippen LogP contribution is 2.10. The van der Waals surface area contributed by atoms with E-state index in [1.165, 1.54) is 18.3 Å². The van der Waals surface area contributed by atoms with Crippen LogP contribution in [-0.2, 0) is 4.79 Å². The van der Waals surface area contributed by atoms with Crippen molar-refractivity contribution < 1.29 is 14.0 Å². The summed E-state index contributed by atoms with van der Waals surface area (Å²) in [6.07, 6.45) is 2.66. The molecule has 24 heavy (non-hydrogen) atoms. The fourth-order valence-corrected chi connectivity index (χ4v) is 1.93. The van der Waals surface area contributed by atoms with Crippen molar-refractivity contribution in [3.05, 3.63) is 65.5 Å². The monoisotopic (exact) mass is 327 g/mol. The molecule has 0 heterocycles. The number of hydrazone groups is 1. The largest absolute Gasteiger partial charge is 0.326 e. The van der Waals surface area contributed by atoms with Crippen LogP contribution in [0.4, 0.5) is 10.1 Å². The number of nitrogens with one attached hydrogen (secondary N) is 2. The molecule has 2 aromatic rings. The number of nitrogens with zero attached hydrogens (tertiary/aromatic N) is 1. The first-order chi connectivity index (χ1) is 11.6. The van der Waals surface area contributed by atoms with Crippen molar-refractivity contribution in [3.8, 4) is 0 Å². The van der Waals surface area contributed by atoms with Gasteiger partial charge in [0.05, 0.1) is 6.21 Å². The van der Waals surface area contributed by atoms with Gasteiger partial charge in [0.15, 0.2) is 0 Å². The molecule has 5 nitrogen and oxygen atoms in total. The number of carbonyl (C=O) groups is 2. The van der Waals surface area contributed by atoms with Gasteiger partial charge in [-0.15, -0.1) is 0 Å². The van der Waals surface area contributed by atoms with Crippen LogP contribution in [0.1, 0.15) is 35.7 Å². The Hall–Kier alpha value is -3.02. The van der Waals surface area contributed by atoms with E-state index in [1.807, 2.05) is 6.92 Å². The molecule has 0 aliphatic carbocycles. The zero-order valence-corrected chi connectivity index (χ0v) is 13.3. The average molecular weight is 327 g/mol. The van der Waals surface area contributed by atoms with Crippen LogP contribution in [0.25, 0.3) is 0 Å². The van der Waals surface area contributed by atoms with Crippen LogP contribution >= 0.6 is 0 Å². The van der Waals surface area contributed by atoms with E-state index in [4.69, 9.17) is 0 Å². The van der Waals surface area contributed by atoms with Gasteiger partial charge in [-0.3, -0.25) is 9.59 Å². The molecule has 6 heteroatoms. The highest BCUT2D eigenvalue weighted by Gasteiger charge is 2.05. The van der Waals surface area contributed by atoms with Crippen molar-refractivity contribution in [1.82, 2.24) is 5.43 Å². The molecule has 0 unspecified atom stereocenters. The molecule has 0 aliphatic heterocycles. The summed E-state index contributed by atoms with van der Waals surface area (Å²) in [6, 6.07) is 12.3. The normalized spacial score (nSPS) is 10.6. The fraction of sp³-hybridized carbons (Fsp3) is 0.167.